The summed E-state index contributed by atoms with van der Waals surface area (Å²) in [5.41, 5.74) is 0. The van der Waals surface area contributed by atoms with Crippen LogP contribution in [0.1, 0.15) is 0 Å². The van der Waals surface area contributed by atoms with Crippen molar-refractivity contribution in [3.63, 3.8) is 0 Å². The summed E-state index contributed by atoms with van der Waals surface area (Å²) in [6.45, 7) is -1.34. The van der Waals surface area contributed by atoms with Crippen molar-refractivity contribution in [3.05, 3.63) is 23.0 Å². The van der Waals surface area contributed by atoms with Gasteiger partial charge in [0.25, 0.3) is 0 Å². The quantitative estimate of drug-likeness (QED) is 0.0636. The molecule has 0 aliphatic carbocycles. The molecular formula is C12H16CaMgO20S2. The molecule has 0 aromatic rings. The second-order valence-electron chi connectivity index (χ2n) is 5.44. The van der Waals surface area contributed by atoms with Crippen LogP contribution in [0.5, 0.6) is 0 Å². The first-order valence-corrected chi connectivity index (χ1v) is 10.4. The molecule has 0 bridgehead atoms. The van der Waals surface area contributed by atoms with E-state index in [0.717, 1.165) is 0 Å². The smallest absolute Gasteiger partial charge is 0.759 e. The predicted molar refractivity (Wildman–Crippen MR) is 103 cm³/mol. The van der Waals surface area contributed by atoms with Crippen molar-refractivity contribution < 1.29 is 95.0 Å². The Morgan fingerprint density at radius 3 is 1.00 bits per heavy atom. The molecule has 36 heavy (non-hydrogen) atoms. The average Bonchev–Trinajstić information content (AvgIpc) is 3.09. The molecule has 0 unspecified atom stereocenters. The number of hydrogen-bond acceptors (Lipinski definition) is 20. The van der Waals surface area contributed by atoms with Crippen molar-refractivity contribution in [2.45, 2.75) is 24.4 Å². The molecule has 8 N–H and O–H groups in total. The molecule has 2 rings (SSSR count). The summed E-state index contributed by atoms with van der Waals surface area (Å²) < 4.78 is 76.8. The normalized spacial score (nSPS) is 20.4. The van der Waals surface area contributed by atoms with Crippen LogP contribution in [0.2, 0.25) is 0 Å². The Hall–Kier alpha value is -0.774. The van der Waals surface area contributed by atoms with E-state index >= 15 is 0 Å². The molecule has 0 saturated carbocycles. The number of aliphatic hydroxyl groups excluding tert-OH is 8. The van der Waals surface area contributed by atoms with E-state index in [1.165, 1.54) is 0 Å². The van der Waals surface area contributed by atoms with Gasteiger partial charge in [0.1, 0.15) is 12.2 Å². The summed E-state index contributed by atoms with van der Waals surface area (Å²) in [5.74, 6) is -5.56. The van der Waals surface area contributed by atoms with Gasteiger partial charge in [0.05, 0.1) is 13.2 Å². The zero-order chi connectivity index (χ0) is 27.6. The van der Waals surface area contributed by atoms with E-state index in [1.807, 2.05) is 0 Å². The van der Waals surface area contributed by atoms with Crippen LogP contribution >= 0.6 is 0 Å². The summed E-state index contributed by atoms with van der Waals surface area (Å²) >= 11 is 0. The molecule has 0 aromatic carbocycles. The zero-order valence-electron chi connectivity index (χ0n) is 17.4. The fourth-order valence-electron chi connectivity index (χ4n) is 1.65. The number of ether oxygens (including phenoxy) is 2. The summed E-state index contributed by atoms with van der Waals surface area (Å²) in [5, 5.41) is 70.1. The number of aliphatic hydroxyl groups is 8. The molecule has 2 aliphatic rings. The molecule has 0 fully saturated rings. The number of hydrogen-bond donors (Lipinski definition) is 8. The third kappa shape index (κ3) is 18.5. The van der Waals surface area contributed by atoms with Gasteiger partial charge in [-0.2, -0.15) is 0 Å². The van der Waals surface area contributed by atoms with Crippen molar-refractivity contribution in [1.29, 1.82) is 0 Å². The van der Waals surface area contributed by atoms with Gasteiger partial charge in [-0.1, -0.05) is 0 Å². The van der Waals surface area contributed by atoms with E-state index in [2.05, 4.69) is 9.47 Å². The minimum atomic E-state index is -5.17. The first-order valence-electron chi connectivity index (χ1n) is 7.73. The topological polar surface area (TPSA) is 375 Å². The van der Waals surface area contributed by atoms with Crippen LogP contribution in [0.25, 0.3) is 0 Å². The Bertz CT molecular complexity index is 894. The molecule has 20 nitrogen and oxygen atoms in total. The van der Waals surface area contributed by atoms with Crippen LogP contribution in [0.15, 0.2) is 23.0 Å². The van der Waals surface area contributed by atoms with Crippen LogP contribution in [0.3, 0.4) is 0 Å². The van der Waals surface area contributed by atoms with Gasteiger partial charge < -0.3 is 68.5 Å². The van der Waals surface area contributed by atoms with Gasteiger partial charge in [0.2, 0.25) is 11.5 Å². The first kappa shape index (κ1) is 42.3. The number of cyclic esters (lactones) is 2. The standard InChI is InChI=1S/2C6H8O6.Ca.Mg.2H2O4S/c2*7-1-2(8)5-3(9)4(10)6(11)12-5;;;2*1-5(2,3)4/h2*2,5,7-10H,1H2;;;2*(H2,1,2,3,4)/q;;2*+2;;/p-4/t2*2-,5+;;;;/m00..../s1. The fourth-order valence-corrected chi connectivity index (χ4v) is 1.65. The molecular weight excluding hydrogens is 593 g/mol. The molecule has 200 valence electrons. The van der Waals surface area contributed by atoms with E-state index in [-0.39, 0.29) is 60.8 Å². The van der Waals surface area contributed by atoms with Gasteiger partial charge in [-0.3, -0.25) is 16.8 Å². The third-order valence-corrected chi connectivity index (χ3v) is 2.95. The van der Waals surface area contributed by atoms with E-state index < -0.39 is 93.4 Å². The van der Waals surface area contributed by atoms with Gasteiger partial charge in [0, 0.05) is 20.8 Å². The van der Waals surface area contributed by atoms with Crippen molar-refractivity contribution in [1.82, 2.24) is 0 Å². The maximum atomic E-state index is 10.5. The summed E-state index contributed by atoms with van der Waals surface area (Å²) in [6, 6.07) is 0. The maximum absolute atomic E-state index is 10.5. The summed E-state index contributed by atoms with van der Waals surface area (Å²) in [6.07, 6.45) is -5.55. The number of carbonyl (C=O) groups is 2. The molecule has 0 aromatic heterocycles. The number of esters is 2. The fraction of sp³-hybridized carbons (Fsp3) is 0.500. The van der Waals surface area contributed by atoms with Gasteiger partial charge >= 0.3 is 72.7 Å². The Morgan fingerprint density at radius 2 is 0.889 bits per heavy atom. The molecule has 2 aliphatic heterocycles. The Kier molecular flexibility index (Phi) is 21.7. The summed E-state index contributed by atoms with van der Waals surface area (Å²) in [4.78, 5) is 21.1. The molecule has 0 spiro atoms. The largest absolute Gasteiger partial charge is 2.00 e. The van der Waals surface area contributed by atoms with E-state index in [1.54, 1.807) is 0 Å². The summed E-state index contributed by atoms with van der Waals surface area (Å²) in [7, 11) is -10.3. The van der Waals surface area contributed by atoms with Crippen molar-refractivity contribution in [2.75, 3.05) is 13.2 Å². The van der Waals surface area contributed by atoms with Crippen molar-refractivity contribution >= 4 is 93.5 Å². The van der Waals surface area contributed by atoms with Crippen molar-refractivity contribution in [3.8, 4) is 0 Å². The van der Waals surface area contributed by atoms with Crippen LogP contribution < -0.4 is 0 Å². The predicted octanol–water partition coefficient (Wildman–Crippen LogP) is -6.25. The zero-order valence-corrected chi connectivity index (χ0v) is 22.7. The monoisotopic (exact) mass is 608 g/mol. The second kappa shape index (κ2) is 18.5. The van der Waals surface area contributed by atoms with Gasteiger partial charge in [-0.15, -0.1) is 0 Å². The van der Waals surface area contributed by atoms with E-state index in [4.69, 9.17) is 75.9 Å². The Morgan fingerprint density at radius 1 is 0.694 bits per heavy atom. The van der Waals surface area contributed by atoms with Crippen molar-refractivity contribution in [2.24, 2.45) is 0 Å². The first-order chi connectivity index (χ1) is 15.1. The minimum absolute atomic E-state index is 0. The van der Waals surface area contributed by atoms with E-state index in [0.29, 0.717) is 0 Å². The van der Waals surface area contributed by atoms with E-state index in [9.17, 15) is 9.59 Å². The molecule has 0 amide bonds. The van der Waals surface area contributed by atoms with Crippen LogP contribution in [0.4, 0.5) is 0 Å². The molecule has 0 saturated heterocycles. The molecule has 2 heterocycles. The Labute approximate surface area is 247 Å². The van der Waals surface area contributed by atoms with Crippen LogP contribution in [-0.4, -0.2) is 186 Å². The molecule has 0 radical (unpaired) electrons. The maximum Gasteiger partial charge on any atom is 2.00 e. The minimum Gasteiger partial charge on any atom is -0.759 e. The Balaban J connectivity index is -0.000000201. The van der Waals surface area contributed by atoms with Gasteiger partial charge in [0.15, 0.2) is 23.7 Å². The molecule has 4 atom stereocenters. The van der Waals surface area contributed by atoms with Gasteiger partial charge in [-0.25, -0.2) is 9.59 Å². The number of rotatable bonds is 4. The number of carbonyl (C=O) groups excluding carboxylic acids is 2. The average molecular weight is 609 g/mol. The second-order valence-corrected chi connectivity index (χ2v) is 7.07. The molecule has 24 heteroatoms. The SMILES string of the molecule is O=C1O[C@H]([C@@H](O)CO)C(O)=C1O.O=C1O[C@H]([C@@H](O)CO)C(O)=C1O.O=S(=O)([O-])[O-].O=S(=O)([O-])[O-].[Ca+2].[Mg+2]. The van der Waals surface area contributed by atoms with Crippen LogP contribution in [-0.2, 0) is 39.9 Å². The van der Waals surface area contributed by atoms with Crippen LogP contribution in [0, 0.1) is 0 Å². The van der Waals surface area contributed by atoms with Gasteiger partial charge in [-0.05, 0) is 0 Å². The third-order valence-electron chi connectivity index (χ3n) is 2.95.